The number of hydrogen-bond acceptors (Lipinski definition) is 4. The molecule has 3 nitrogen and oxygen atoms in total. The second kappa shape index (κ2) is 6.73. The van der Waals surface area contributed by atoms with E-state index in [1.807, 2.05) is 12.1 Å². The normalized spacial score (nSPS) is 20.5. The van der Waals surface area contributed by atoms with Crippen molar-refractivity contribution < 1.29 is 14.6 Å². The minimum absolute atomic E-state index is 0.103. The van der Waals surface area contributed by atoms with Gasteiger partial charge in [0, 0.05) is 16.4 Å². The molecule has 1 atom stereocenters. The zero-order valence-electron chi connectivity index (χ0n) is 15.7. The summed E-state index contributed by atoms with van der Waals surface area (Å²) in [5.74, 6) is 3.60. The van der Waals surface area contributed by atoms with Crippen LogP contribution in [0.5, 0.6) is 17.2 Å². The summed E-state index contributed by atoms with van der Waals surface area (Å²) < 4.78 is 12.3. The number of hydrogen-bond donors (Lipinski definition) is 1. The first-order valence-corrected chi connectivity index (χ1v) is 10.4. The summed E-state index contributed by atoms with van der Waals surface area (Å²) in [6, 6.07) is 10.3. The van der Waals surface area contributed by atoms with Crippen molar-refractivity contribution in [1.82, 2.24) is 0 Å². The lowest BCUT2D eigenvalue weighted by Crippen LogP contribution is -2.33. The van der Waals surface area contributed by atoms with E-state index in [2.05, 4.69) is 39.0 Å². The lowest BCUT2D eigenvalue weighted by atomic mass is 9.86. The van der Waals surface area contributed by atoms with Crippen molar-refractivity contribution in [3.05, 3.63) is 47.0 Å². The molecule has 138 valence electrons. The fraction of sp³-hybridized carbons (Fsp3) is 0.455. The molecule has 0 fully saturated rings. The summed E-state index contributed by atoms with van der Waals surface area (Å²) in [6.07, 6.45) is 2.94. The molecule has 0 aliphatic carbocycles. The van der Waals surface area contributed by atoms with Crippen LogP contribution < -0.4 is 9.47 Å². The Kier molecular flexibility index (Phi) is 4.55. The van der Waals surface area contributed by atoms with Crippen molar-refractivity contribution in [1.29, 1.82) is 0 Å². The molecule has 1 unspecified atom stereocenters. The van der Waals surface area contributed by atoms with Gasteiger partial charge in [-0.05, 0) is 68.2 Å². The van der Waals surface area contributed by atoms with Crippen LogP contribution in [0.15, 0.2) is 35.2 Å². The molecule has 2 aromatic rings. The smallest absolute Gasteiger partial charge is 0.129 e. The van der Waals surface area contributed by atoms with Crippen LogP contribution >= 0.6 is 11.8 Å². The average molecular weight is 371 g/mol. The van der Waals surface area contributed by atoms with Gasteiger partial charge < -0.3 is 14.6 Å². The van der Waals surface area contributed by atoms with Gasteiger partial charge in [-0.25, -0.2) is 0 Å². The summed E-state index contributed by atoms with van der Waals surface area (Å²) in [5, 5.41) is 10.3. The van der Waals surface area contributed by atoms with Crippen LogP contribution in [-0.4, -0.2) is 23.1 Å². The Morgan fingerprint density at radius 1 is 1.23 bits per heavy atom. The van der Waals surface area contributed by atoms with Crippen LogP contribution in [0.2, 0.25) is 0 Å². The zero-order chi connectivity index (χ0) is 18.3. The predicted octanol–water partition coefficient (Wildman–Crippen LogP) is 5.33. The Bertz CT molecular complexity index is 828. The Labute approximate surface area is 159 Å². The number of phenolic OH excluding ortho intramolecular Hbond substituents is 1. The fourth-order valence-corrected chi connectivity index (χ4v) is 4.58. The molecule has 0 bridgehead atoms. The van der Waals surface area contributed by atoms with Gasteiger partial charge in [-0.1, -0.05) is 19.1 Å². The van der Waals surface area contributed by atoms with E-state index in [0.29, 0.717) is 12.4 Å². The maximum Gasteiger partial charge on any atom is 0.129 e. The zero-order valence-corrected chi connectivity index (χ0v) is 16.5. The number of thioether (sulfide) groups is 1. The fourth-order valence-electron chi connectivity index (χ4n) is 3.89. The van der Waals surface area contributed by atoms with Crippen LogP contribution in [0, 0.1) is 0 Å². The standard InChI is InChI=1S/C22H26O3S/c1-4-26-20-8-6-14(12-18(20)23)16-11-15-5-7-19-17(21(15)24-13-16)9-10-22(2,3)25-19/h5-8,12,16,23H,4,9-11,13H2,1-3H3. The van der Waals surface area contributed by atoms with E-state index < -0.39 is 0 Å². The maximum absolute atomic E-state index is 10.3. The molecule has 2 heterocycles. The van der Waals surface area contributed by atoms with E-state index in [1.54, 1.807) is 11.8 Å². The van der Waals surface area contributed by atoms with Crippen molar-refractivity contribution in [3.8, 4) is 17.2 Å². The second-order valence-electron chi connectivity index (χ2n) is 7.76. The van der Waals surface area contributed by atoms with Crippen molar-refractivity contribution in [3.63, 3.8) is 0 Å². The highest BCUT2D eigenvalue weighted by molar-refractivity contribution is 7.99. The van der Waals surface area contributed by atoms with Gasteiger partial charge in [-0.15, -0.1) is 11.8 Å². The van der Waals surface area contributed by atoms with Gasteiger partial charge in [0.25, 0.3) is 0 Å². The lowest BCUT2D eigenvalue weighted by Gasteiger charge is -2.35. The third-order valence-electron chi connectivity index (χ3n) is 5.31. The number of benzene rings is 2. The molecule has 2 aliphatic rings. The number of phenols is 1. The van der Waals surface area contributed by atoms with Gasteiger partial charge in [-0.3, -0.25) is 0 Å². The Balaban J connectivity index is 1.58. The van der Waals surface area contributed by atoms with E-state index in [9.17, 15) is 5.11 Å². The van der Waals surface area contributed by atoms with Gasteiger partial charge in [0.2, 0.25) is 0 Å². The van der Waals surface area contributed by atoms with Crippen molar-refractivity contribution in [2.75, 3.05) is 12.4 Å². The van der Waals surface area contributed by atoms with E-state index in [-0.39, 0.29) is 11.5 Å². The molecule has 26 heavy (non-hydrogen) atoms. The molecule has 4 heteroatoms. The summed E-state index contributed by atoms with van der Waals surface area (Å²) in [5.41, 5.74) is 3.50. The molecular weight excluding hydrogens is 344 g/mol. The molecule has 0 amide bonds. The molecule has 2 aromatic carbocycles. The number of aromatic hydroxyl groups is 1. The van der Waals surface area contributed by atoms with E-state index in [0.717, 1.165) is 47.0 Å². The Morgan fingerprint density at radius 3 is 2.85 bits per heavy atom. The summed E-state index contributed by atoms with van der Waals surface area (Å²) >= 11 is 1.67. The second-order valence-corrected chi connectivity index (χ2v) is 9.07. The highest BCUT2D eigenvalue weighted by atomic mass is 32.2. The van der Waals surface area contributed by atoms with Gasteiger partial charge in [0.15, 0.2) is 0 Å². The Morgan fingerprint density at radius 2 is 2.08 bits per heavy atom. The summed E-state index contributed by atoms with van der Waals surface area (Å²) in [4.78, 5) is 0.946. The minimum Gasteiger partial charge on any atom is -0.507 e. The summed E-state index contributed by atoms with van der Waals surface area (Å²) in [6.45, 7) is 7.01. The lowest BCUT2D eigenvalue weighted by molar-refractivity contribution is 0.0827. The Hall–Kier alpha value is -1.81. The van der Waals surface area contributed by atoms with Crippen molar-refractivity contribution in [2.24, 2.45) is 0 Å². The van der Waals surface area contributed by atoms with Crippen LogP contribution in [0.3, 0.4) is 0 Å². The summed E-state index contributed by atoms with van der Waals surface area (Å²) in [7, 11) is 0. The van der Waals surface area contributed by atoms with Crippen molar-refractivity contribution >= 4 is 11.8 Å². The first kappa shape index (κ1) is 17.6. The van der Waals surface area contributed by atoms with E-state index in [1.165, 1.54) is 11.1 Å². The number of fused-ring (bicyclic) bond motifs is 3. The molecule has 2 aliphatic heterocycles. The number of rotatable bonds is 3. The van der Waals surface area contributed by atoms with Crippen molar-refractivity contribution in [2.45, 2.75) is 56.4 Å². The highest BCUT2D eigenvalue weighted by Crippen LogP contribution is 2.44. The van der Waals surface area contributed by atoms with Crippen LogP contribution in [0.4, 0.5) is 0 Å². The first-order valence-electron chi connectivity index (χ1n) is 9.39. The molecule has 0 saturated carbocycles. The third-order valence-corrected chi connectivity index (χ3v) is 6.26. The quantitative estimate of drug-likeness (QED) is 0.742. The monoisotopic (exact) mass is 370 g/mol. The molecule has 4 rings (SSSR count). The van der Waals surface area contributed by atoms with Gasteiger partial charge in [0.05, 0.1) is 6.61 Å². The largest absolute Gasteiger partial charge is 0.507 e. The predicted molar refractivity (Wildman–Crippen MR) is 106 cm³/mol. The molecular formula is C22H26O3S. The minimum atomic E-state index is -0.103. The van der Waals surface area contributed by atoms with Crippen LogP contribution in [0.25, 0.3) is 0 Å². The highest BCUT2D eigenvalue weighted by Gasteiger charge is 2.32. The van der Waals surface area contributed by atoms with Crippen LogP contribution in [-0.2, 0) is 12.8 Å². The molecule has 0 saturated heterocycles. The molecule has 0 spiro atoms. The first-order chi connectivity index (χ1) is 12.5. The molecule has 0 radical (unpaired) electrons. The van der Waals surface area contributed by atoms with E-state index in [4.69, 9.17) is 9.47 Å². The molecule has 1 N–H and O–H groups in total. The SMILES string of the molecule is CCSc1ccc(C2COc3c(ccc4c3CCC(C)(C)O4)C2)cc1O. The average Bonchev–Trinajstić information content (AvgIpc) is 2.62. The number of ether oxygens (including phenoxy) is 2. The van der Waals surface area contributed by atoms with Gasteiger partial charge in [0.1, 0.15) is 22.8 Å². The maximum atomic E-state index is 10.3. The van der Waals surface area contributed by atoms with Gasteiger partial charge >= 0.3 is 0 Å². The molecule has 0 aromatic heterocycles. The van der Waals surface area contributed by atoms with Gasteiger partial charge in [-0.2, -0.15) is 0 Å². The van der Waals surface area contributed by atoms with E-state index >= 15 is 0 Å². The third kappa shape index (κ3) is 3.27. The van der Waals surface area contributed by atoms with Crippen LogP contribution in [0.1, 0.15) is 49.8 Å². The topological polar surface area (TPSA) is 38.7 Å².